The van der Waals surface area contributed by atoms with Crippen LogP contribution >= 0.6 is 24.0 Å². The van der Waals surface area contributed by atoms with Gasteiger partial charge in [0.15, 0.2) is 5.96 Å². The summed E-state index contributed by atoms with van der Waals surface area (Å²) in [6.45, 7) is 4.85. The van der Waals surface area contributed by atoms with E-state index in [2.05, 4.69) is 16.8 Å². The maximum atomic E-state index is 13.0. The summed E-state index contributed by atoms with van der Waals surface area (Å²) in [6, 6.07) is 6.65. The second-order valence-electron chi connectivity index (χ2n) is 5.31. The molecular weight excluding hydrogens is 368 g/mol. The number of nitrogens with zero attached hydrogens (tertiary/aromatic N) is 2. The van der Waals surface area contributed by atoms with Gasteiger partial charge >= 0.3 is 0 Å². The Bertz CT molecular complexity index is 450. The zero-order chi connectivity index (χ0) is 13.7. The van der Waals surface area contributed by atoms with Gasteiger partial charge in [-0.2, -0.15) is 0 Å². The number of piperidine rings is 1. The van der Waals surface area contributed by atoms with Crippen molar-refractivity contribution < 1.29 is 4.39 Å². The number of aliphatic imine (C=N–C) groups is 1. The van der Waals surface area contributed by atoms with Crippen molar-refractivity contribution in [1.82, 2.24) is 4.90 Å². The highest BCUT2D eigenvalue weighted by atomic mass is 127. The number of hydrogen-bond acceptors (Lipinski definition) is 1. The molecule has 0 aliphatic carbocycles. The largest absolute Gasteiger partial charge is 0.370 e. The molecule has 112 valence electrons. The van der Waals surface area contributed by atoms with Crippen LogP contribution in [0, 0.1) is 11.7 Å². The molecule has 1 fully saturated rings. The minimum Gasteiger partial charge on any atom is -0.370 e. The molecule has 0 spiro atoms. The Balaban J connectivity index is 0.00000200. The number of benzene rings is 1. The Labute approximate surface area is 137 Å². The minimum absolute atomic E-state index is 0. The molecule has 0 bridgehead atoms. The quantitative estimate of drug-likeness (QED) is 0.489. The van der Waals surface area contributed by atoms with E-state index < -0.39 is 0 Å². The summed E-state index contributed by atoms with van der Waals surface area (Å²) in [5, 5.41) is 0. The zero-order valence-electron chi connectivity index (χ0n) is 11.9. The van der Waals surface area contributed by atoms with Gasteiger partial charge in [-0.1, -0.05) is 19.1 Å². The highest BCUT2D eigenvalue weighted by molar-refractivity contribution is 14.0. The Morgan fingerprint density at radius 1 is 1.50 bits per heavy atom. The number of hydrogen-bond donors (Lipinski definition) is 1. The van der Waals surface area contributed by atoms with Crippen molar-refractivity contribution in [3.05, 3.63) is 35.6 Å². The Hall–Kier alpha value is -0.850. The van der Waals surface area contributed by atoms with E-state index in [1.165, 1.54) is 18.9 Å². The topological polar surface area (TPSA) is 41.6 Å². The third-order valence-corrected chi connectivity index (χ3v) is 3.54. The van der Waals surface area contributed by atoms with E-state index in [1.54, 1.807) is 12.1 Å². The van der Waals surface area contributed by atoms with E-state index in [1.807, 2.05) is 6.07 Å². The minimum atomic E-state index is -0.195. The lowest BCUT2D eigenvalue weighted by Crippen LogP contribution is -2.43. The van der Waals surface area contributed by atoms with E-state index in [0.29, 0.717) is 18.4 Å². The number of halogens is 2. The number of rotatable bonds is 3. The van der Waals surface area contributed by atoms with Crippen LogP contribution in [-0.4, -0.2) is 30.5 Å². The second-order valence-corrected chi connectivity index (χ2v) is 5.31. The zero-order valence-corrected chi connectivity index (χ0v) is 14.2. The first kappa shape index (κ1) is 17.2. The van der Waals surface area contributed by atoms with Crippen molar-refractivity contribution in [2.45, 2.75) is 26.2 Å². The van der Waals surface area contributed by atoms with Crippen molar-refractivity contribution in [2.24, 2.45) is 16.6 Å². The fraction of sp³-hybridized carbons (Fsp3) is 0.533. The van der Waals surface area contributed by atoms with E-state index in [9.17, 15) is 4.39 Å². The van der Waals surface area contributed by atoms with Crippen molar-refractivity contribution in [2.75, 3.05) is 19.6 Å². The molecule has 1 atom stereocenters. The molecule has 1 heterocycles. The predicted octanol–water partition coefficient (Wildman–Crippen LogP) is 3.03. The lowest BCUT2D eigenvalue weighted by atomic mass is 10.0. The summed E-state index contributed by atoms with van der Waals surface area (Å²) >= 11 is 0. The predicted molar refractivity (Wildman–Crippen MR) is 92.0 cm³/mol. The highest BCUT2D eigenvalue weighted by Gasteiger charge is 2.17. The lowest BCUT2D eigenvalue weighted by molar-refractivity contribution is 0.270. The normalized spacial score (nSPS) is 19.6. The molecule has 1 aliphatic rings. The van der Waals surface area contributed by atoms with Gasteiger partial charge in [-0.05, 0) is 42.9 Å². The van der Waals surface area contributed by atoms with E-state index in [-0.39, 0.29) is 29.8 Å². The van der Waals surface area contributed by atoms with Gasteiger partial charge in [0.1, 0.15) is 5.82 Å². The van der Waals surface area contributed by atoms with Crippen molar-refractivity contribution in [3.8, 4) is 0 Å². The van der Waals surface area contributed by atoms with Crippen LogP contribution < -0.4 is 5.73 Å². The smallest absolute Gasteiger partial charge is 0.191 e. The molecule has 1 unspecified atom stereocenters. The molecule has 1 aromatic rings. The van der Waals surface area contributed by atoms with Gasteiger partial charge < -0.3 is 10.6 Å². The summed E-state index contributed by atoms with van der Waals surface area (Å²) in [5.74, 6) is 1.12. The highest BCUT2D eigenvalue weighted by Crippen LogP contribution is 2.14. The number of guanidine groups is 1. The third kappa shape index (κ3) is 5.26. The Kier molecular flexibility index (Phi) is 7.26. The molecule has 3 nitrogen and oxygen atoms in total. The van der Waals surface area contributed by atoms with E-state index >= 15 is 0 Å². The Morgan fingerprint density at radius 3 is 3.00 bits per heavy atom. The van der Waals surface area contributed by atoms with Gasteiger partial charge in [0.25, 0.3) is 0 Å². The van der Waals surface area contributed by atoms with Crippen LogP contribution in [0.2, 0.25) is 0 Å². The molecule has 0 saturated carbocycles. The molecule has 0 aromatic heterocycles. The monoisotopic (exact) mass is 391 g/mol. The van der Waals surface area contributed by atoms with Crippen LogP contribution in [0.15, 0.2) is 29.3 Å². The van der Waals surface area contributed by atoms with Gasteiger partial charge in [0, 0.05) is 19.6 Å². The molecule has 2 N–H and O–H groups in total. The molecule has 1 aromatic carbocycles. The molecule has 1 saturated heterocycles. The fourth-order valence-electron chi connectivity index (χ4n) is 2.49. The van der Waals surface area contributed by atoms with Crippen LogP contribution in [0.3, 0.4) is 0 Å². The van der Waals surface area contributed by atoms with Crippen LogP contribution in [0.5, 0.6) is 0 Å². The lowest BCUT2D eigenvalue weighted by Gasteiger charge is -2.31. The van der Waals surface area contributed by atoms with E-state index in [4.69, 9.17) is 5.73 Å². The summed E-state index contributed by atoms with van der Waals surface area (Å²) in [7, 11) is 0. The first-order valence-electron chi connectivity index (χ1n) is 6.94. The number of likely N-dealkylation sites (tertiary alicyclic amines) is 1. The van der Waals surface area contributed by atoms with Gasteiger partial charge in [0.2, 0.25) is 0 Å². The van der Waals surface area contributed by atoms with Gasteiger partial charge in [-0.3, -0.25) is 4.99 Å². The second kappa shape index (κ2) is 8.44. The fourth-order valence-corrected chi connectivity index (χ4v) is 2.49. The molecule has 5 heteroatoms. The first-order valence-corrected chi connectivity index (χ1v) is 6.94. The average molecular weight is 391 g/mol. The van der Waals surface area contributed by atoms with Gasteiger partial charge in [0.05, 0.1) is 0 Å². The maximum Gasteiger partial charge on any atom is 0.191 e. The van der Waals surface area contributed by atoms with Crippen molar-refractivity contribution in [1.29, 1.82) is 0 Å². The summed E-state index contributed by atoms with van der Waals surface area (Å²) in [6.07, 6.45) is 3.18. The van der Waals surface area contributed by atoms with Gasteiger partial charge in [-0.15, -0.1) is 24.0 Å². The standard InChI is InChI=1S/C15H22FN3.HI/c1-12-4-3-9-19(11-12)15(17)18-8-7-13-5-2-6-14(16)10-13;/h2,5-6,10,12H,3-4,7-9,11H2,1H3,(H2,17,18);1H. The molecule has 2 rings (SSSR count). The number of nitrogens with two attached hydrogens (primary N) is 1. The van der Waals surface area contributed by atoms with Crippen molar-refractivity contribution >= 4 is 29.9 Å². The first-order chi connectivity index (χ1) is 9.15. The van der Waals surface area contributed by atoms with Crippen LogP contribution in [0.4, 0.5) is 4.39 Å². The average Bonchev–Trinajstić information content (AvgIpc) is 2.38. The Morgan fingerprint density at radius 2 is 2.30 bits per heavy atom. The molecule has 0 amide bonds. The molecular formula is C15H23FIN3. The molecule has 1 aliphatic heterocycles. The van der Waals surface area contributed by atoms with Crippen LogP contribution in [0.25, 0.3) is 0 Å². The molecule has 0 radical (unpaired) electrons. The van der Waals surface area contributed by atoms with Crippen LogP contribution in [0.1, 0.15) is 25.3 Å². The summed E-state index contributed by atoms with van der Waals surface area (Å²) < 4.78 is 13.0. The summed E-state index contributed by atoms with van der Waals surface area (Å²) in [4.78, 5) is 6.56. The van der Waals surface area contributed by atoms with Crippen molar-refractivity contribution in [3.63, 3.8) is 0 Å². The van der Waals surface area contributed by atoms with Gasteiger partial charge in [-0.25, -0.2) is 4.39 Å². The third-order valence-electron chi connectivity index (χ3n) is 3.54. The SMILES string of the molecule is CC1CCCN(C(N)=NCCc2cccc(F)c2)C1.I. The van der Waals surface area contributed by atoms with Crippen LogP contribution in [-0.2, 0) is 6.42 Å². The van der Waals surface area contributed by atoms with E-state index in [0.717, 1.165) is 25.1 Å². The molecule has 20 heavy (non-hydrogen) atoms. The summed E-state index contributed by atoms with van der Waals surface area (Å²) in [5.41, 5.74) is 6.97. The maximum absolute atomic E-state index is 13.0.